The number of rotatable bonds is 10. The third-order valence-electron chi connectivity index (χ3n) is 3.01. The molecule has 0 N–H and O–H groups in total. The van der Waals surface area contributed by atoms with Gasteiger partial charge in [0.25, 0.3) is 12.6 Å². The lowest BCUT2D eigenvalue weighted by Crippen LogP contribution is -2.58. The van der Waals surface area contributed by atoms with Gasteiger partial charge >= 0.3 is 37.4 Å². The molecule has 204 valence electrons. The smallest absolute Gasteiger partial charge is 0.313 e. The van der Waals surface area contributed by atoms with Crippen LogP contribution in [0.1, 0.15) is 0 Å². The van der Waals surface area contributed by atoms with Crippen LogP contribution >= 0.6 is 0 Å². The lowest BCUT2D eigenvalue weighted by molar-refractivity contribution is -0.436. The van der Waals surface area contributed by atoms with Gasteiger partial charge in [-0.05, 0) is 0 Å². The van der Waals surface area contributed by atoms with Crippen molar-refractivity contribution < 1.29 is 88.5 Å². The maximum atomic E-state index is 13.2. The fourth-order valence-electron chi connectivity index (χ4n) is 1.69. The van der Waals surface area contributed by atoms with Gasteiger partial charge in [0, 0.05) is 0 Å². The van der Waals surface area contributed by atoms with Crippen molar-refractivity contribution in [1.82, 2.24) is 9.80 Å². The van der Waals surface area contributed by atoms with Crippen LogP contribution in [-0.2, 0) is 9.47 Å². The summed E-state index contributed by atoms with van der Waals surface area (Å²) in [7, 11) is 0. The first kappa shape index (κ1) is 32.3. The Kier molecular flexibility index (Phi) is 10.00. The molecule has 0 rings (SSSR count). The van der Waals surface area contributed by atoms with Crippen molar-refractivity contribution in [2.24, 2.45) is 0 Å². The second-order valence-electron chi connectivity index (χ2n) is 5.50. The highest BCUT2D eigenvalue weighted by Gasteiger charge is 2.66. The zero-order valence-corrected chi connectivity index (χ0v) is 15.2. The highest BCUT2D eigenvalue weighted by atomic mass is 19.4. The van der Waals surface area contributed by atoms with Gasteiger partial charge in [-0.25, -0.2) is 8.78 Å². The van der Waals surface area contributed by atoms with Gasteiger partial charge in [0.15, 0.2) is 0 Å². The largest absolute Gasteiger partial charge is 0.469 e. The molecule has 0 saturated heterocycles. The maximum absolute atomic E-state index is 13.2. The van der Waals surface area contributed by atoms with E-state index in [4.69, 9.17) is 0 Å². The summed E-state index contributed by atoms with van der Waals surface area (Å²) >= 11 is 0. The highest BCUT2D eigenvalue weighted by molar-refractivity contribution is 4.84. The molecule has 22 heteroatoms. The fourth-order valence-corrected chi connectivity index (χ4v) is 1.69. The van der Waals surface area contributed by atoms with E-state index in [1.165, 1.54) is 0 Å². The van der Waals surface area contributed by atoms with E-state index < -0.39 is 73.0 Å². The number of alkyl halides is 18. The Balaban J connectivity index is 5.10. The van der Waals surface area contributed by atoms with Crippen molar-refractivity contribution in [3.8, 4) is 0 Å². The van der Waals surface area contributed by atoms with Crippen LogP contribution in [0.5, 0.6) is 0 Å². The maximum Gasteiger partial charge on any atom is 0.469 e. The van der Waals surface area contributed by atoms with Gasteiger partial charge in [0.05, 0.1) is 13.2 Å². The molecule has 0 amide bonds. The zero-order chi connectivity index (χ0) is 27.6. The molecule has 0 radical (unpaired) electrons. The number of hydrogen-bond acceptors (Lipinski definition) is 4. The summed E-state index contributed by atoms with van der Waals surface area (Å²) in [6.07, 6.45) is -48.9. The molecule has 0 aromatic heterocycles. The van der Waals surface area contributed by atoms with Gasteiger partial charge in [0.2, 0.25) is 0 Å². The molecule has 0 aliphatic heterocycles. The SMILES string of the molecule is FC(N(C(F)(F)F)C(F)(F)F)C(F)(F)OC/C=C/COC(F)(F)C(F)N(C(F)(F)F)C(F)(F)F. The zero-order valence-electron chi connectivity index (χ0n) is 15.2. The van der Waals surface area contributed by atoms with Crippen LogP contribution in [0.25, 0.3) is 0 Å². The number of ether oxygens (including phenoxy) is 2. The van der Waals surface area contributed by atoms with Crippen LogP contribution in [0.15, 0.2) is 12.2 Å². The Morgan fingerprint density at radius 2 is 0.676 bits per heavy atom. The Labute approximate surface area is 175 Å². The molecule has 4 nitrogen and oxygen atoms in total. The molecule has 2 unspecified atom stereocenters. The molecule has 0 aliphatic carbocycles. The minimum Gasteiger partial charge on any atom is -0.313 e. The predicted molar refractivity (Wildman–Crippen MR) is 68.6 cm³/mol. The molecule has 0 bridgehead atoms. The summed E-state index contributed by atoms with van der Waals surface area (Å²) in [5.41, 5.74) is 0. The van der Waals surface area contributed by atoms with E-state index >= 15 is 0 Å². The molecule has 0 spiro atoms. The van der Waals surface area contributed by atoms with Crippen LogP contribution in [0.2, 0.25) is 0 Å². The Morgan fingerprint density at radius 1 is 0.471 bits per heavy atom. The van der Waals surface area contributed by atoms with Gasteiger partial charge in [-0.15, -0.1) is 0 Å². The standard InChI is InChI=1S/C12H8F18N2O2/c13-5(31(9(19,20)21)10(22,23)24)7(15,16)33-3-1-2-4-34-8(17,18)6(14)32(11(25,26)27)12(28,29)30/h1-2,5-6H,3-4H2/b2-1+. The minimum absolute atomic E-state index is 0.0131. The van der Waals surface area contributed by atoms with Crippen LogP contribution < -0.4 is 0 Å². The Bertz CT molecular complexity index is 582. The fraction of sp³-hybridized carbons (Fsp3) is 0.833. The number of halogens is 18. The number of nitrogens with zero attached hydrogens (tertiary/aromatic N) is 2. The van der Waals surface area contributed by atoms with E-state index in [2.05, 4.69) is 9.47 Å². The molecule has 0 aromatic carbocycles. The van der Waals surface area contributed by atoms with Crippen molar-refractivity contribution in [2.45, 2.75) is 50.0 Å². The van der Waals surface area contributed by atoms with Crippen LogP contribution in [0, 0.1) is 0 Å². The van der Waals surface area contributed by atoms with Gasteiger partial charge in [-0.2, -0.15) is 70.2 Å². The van der Waals surface area contributed by atoms with Gasteiger partial charge in [-0.1, -0.05) is 22.0 Å². The van der Waals surface area contributed by atoms with E-state index in [1.54, 1.807) is 0 Å². The van der Waals surface area contributed by atoms with E-state index in [0.29, 0.717) is 0 Å². The Hall–Kier alpha value is -1.68. The lowest BCUT2D eigenvalue weighted by Gasteiger charge is -2.32. The average Bonchev–Trinajstić information content (AvgIpc) is 2.52. The topological polar surface area (TPSA) is 24.9 Å². The summed E-state index contributed by atoms with van der Waals surface area (Å²) in [6.45, 7) is -3.69. The van der Waals surface area contributed by atoms with Crippen molar-refractivity contribution in [2.75, 3.05) is 13.2 Å². The van der Waals surface area contributed by atoms with Crippen molar-refractivity contribution >= 4 is 0 Å². The van der Waals surface area contributed by atoms with E-state index in [1.807, 2.05) is 0 Å². The normalized spacial score (nSPS) is 17.2. The molecule has 0 fully saturated rings. The predicted octanol–water partition coefficient (Wildman–Crippen LogP) is 6.04. The lowest BCUT2D eigenvalue weighted by atomic mass is 10.4. The first-order valence-corrected chi connectivity index (χ1v) is 7.58. The monoisotopic (exact) mass is 554 g/mol. The molecular formula is C12H8F18N2O2. The summed E-state index contributed by atoms with van der Waals surface area (Å²) in [4.78, 5) is -6.36. The molecular weight excluding hydrogens is 546 g/mol. The quantitative estimate of drug-likeness (QED) is 0.187. The minimum atomic E-state index is -6.71. The first-order chi connectivity index (χ1) is 14.8. The van der Waals surface area contributed by atoms with Crippen LogP contribution in [0.3, 0.4) is 0 Å². The molecule has 0 aromatic rings. The average molecular weight is 554 g/mol. The third-order valence-corrected chi connectivity index (χ3v) is 3.01. The summed E-state index contributed by atoms with van der Waals surface area (Å²) in [5.74, 6) is 0. The molecule has 0 saturated carbocycles. The molecule has 2 atom stereocenters. The van der Waals surface area contributed by atoms with Crippen molar-refractivity contribution in [1.29, 1.82) is 0 Å². The number of hydrogen-bond donors (Lipinski definition) is 0. The highest BCUT2D eigenvalue weighted by Crippen LogP contribution is 2.42. The van der Waals surface area contributed by atoms with Crippen molar-refractivity contribution in [3.63, 3.8) is 0 Å². The summed E-state index contributed by atoms with van der Waals surface area (Å²) in [6, 6.07) is 0. The second kappa shape index (κ2) is 10.5. The van der Waals surface area contributed by atoms with Gasteiger partial charge < -0.3 is 9.47 Å². The van der Waals surface area contributed by atoms with Crippen LogP contribution in [-0.4, -0.2) is 73.0 Å². The van der Waals surface area contributed by atoms with Gasteiger partial charge in [0.1, 0.15) is 0 Å². The van der Waals surface area contributed by atoms with Crippen molar-refractivity contribution in [3.05, 3.63) is 12.2 Å². The van der Waals surface area contributed by atoms with E-state index in [-0.39, 0.29) is 12.2 Å². The van der Waals surface area contributed by atoms with E-state index in [9.17, 15) is 79.0 Å². The third kappa shape index (κ3) is 9.17. The molecule has 34 heavy (non-hydrogen) atoms. The second-order valence-corrected chi connectivity index (χ2v) is 5.50. The molecule has 0 aliphatic rings. The van der Waals surface area contributed by atoms with E-state index in [0.717, 1.165) is 0 Å². The molecule has 0 heterocycles. The van der Waals surface area contributed by atoms with Gasteiger partial charge in [-0.3, -0.25) is 0 Å². The first-order valence-electron chi connectivity index (χ1n) is 7.58. The van der Waals surface area contributed by atoms with Crippen LogP contribution in [0.4, 0.5) is 79.0 Å². The summed E-state index contributed by atoms with van der Waals surface area (Å²) < 4.78 is 231. The Morgan fingerprint density at radius 3 is 0.853 bits per heavy atom. The summed E-state index contributed by atoms with van der Waals surface area (Å²) in [5, 5.41) is 0.